The number of nitrogens with one attached hydrogen (secondary N) is 1. The van der Waals surface area contributed by atoms with E-state index in [9.17, 15) is 4.79 Å². The molecule has 1 heterocycles. The van der Waals surface area contributed by atoms with Gasteiger partial charge in [-0.15, -0.1) is 0 Å². The van der Waals surface area contributed by atoms with Crippen LogP contribution in [0.5, 0.6) is 0 Å². The quantitative estimate of drug-likeness (QED) is 0.698. The van der Waals surface area contributed by atoms with Crippen LogP contribution in [0.4, 0.5) is 0 Å². The van der Waals surface area contributed by atoms with Gasteiger partial charge < -0.3 is 10.2 Å². The number of hydrogen-bond acceptors (Lipinski definition) is 3. The smallest absolute Gasteiger partial charge is 0.241 e. The molecule has 0 aliphatic carbocycles. The van der Waals surface area contributed by atoms with Gasteiger partial charge in [0, 0.05) is 12.6 Å². The van der Waals surface area contributed by atoms with Crippen molar-refractivity contribution in [3.63, 3.8) is 0 Å². The molecule has 1 aliphatic rings. The summed E-state index contributed by atoms with van der Waals surface area (Å²) in [5, 5.41) is 11.7. The van der Waals surface area contributed by atoms with E-state index in [4.69, 9.17) is 5.26 Å². The van der Waals surface area contributed by atoms with E-state index in [1.54, 1.807) is 0 Å². The zero-order valence-corrected chi connectivity index (χ0v) is 8.79. The summed E-state index contributed by atoms with van der Waals surface area (Å²) in [7, 11) is 0. The minimum absolute atomic E-state index is 0.0686. The van der Waals surface area contributed by atoms with Crippen molar-refractivity contribution in [1.29, 1.82) is 5.26 Å². The summed E-state index contributed by atoms with van der Waals surface area (Å²) < 4.78 is 0. The van der Waals surface area contributed by atoms with Crippen LogP contribution in [0, 0.1) is 11.3 Å². The fraction of sp³-hybridized carbons (Fsp3) is 0.800. The molecule has 0 aromatic carbocycles. The normalized spacial score (nSPS) is 23.4. The van der Waals surface area contributed by atoms with E-state index in [-0.39, 0.29) is 24.4 Å². The van der Waals surface area contributed by atoms with E-state index in [1.807, 2.05) is 24.8 Å². The lowest BCUT2D eigenvalue weighted by atomic mass is 10.2. The highest BCUT2D eigenvalue weighted by Crippen LogP contribution is 2.08. The molecule has 0 radical (unpaired) electrons. The van der Waals surface area contributed by atoms with E-state index >= 15 is 0 Å². The van der Waals surface area contributed by atoms with Crippen molar-refractivity contribution >= 4 is 5.91 Å². The fourth-order valence-corrected chi connectivity index (χ4v) is 1.69. The fourth-order valence-electron chi connectivity index (χ4n) is 1.69. The second kappa shape index (κ2) is 4.97. The maximum Gasteiger partial charge on any atom is 0.241 e. The topological polar surface area (TPSA) is 56.1 Å². The number of amides is 1. The van der Waals surface area contributed by atoms with E-state index in [1.165, 1.54) is 0 Å². The average Bonchev–Trinajstić information content (AvgIpc) is 2.30. The van der Waals surface area contributed by atoms with Crippen molar-refractivity contribution in [2.24, 2.45) is 0 Å². The number of nitriles is 1. The molecule has 14 heavy (non-hydrogen) atoms. The lowest BCUT2D eigenvalue weighted by molar-refractivity contribution is -0.134. The molecule has 1 saturated heterocycles. The molecule has 1 aliphatic heterocycles. The Kier molecular flexibility index (Phi) is 3.90. The number of nitrogens with zero attached hydrogens (tertiary/aromatic N) is 2. The molecule has 0 aromatic heterocycles. The first-order valence-corrected chi connectivity index (χ1v) is 5.07. The first-order valence-electron chi connectivity index (χ1n) is 5.07. The molecule has 1 N–H and O–H groups in total. The summed E-state index contributed by atoms with van der Waals surface area (Å²) in [6.07, 6.45) is 1.23. The maximum absolute atomic E-state index is 11.9. The van der Waals surface area contributed by atoms with E-state index < -0.39 is 0 Å². The van der Waals surface area contributed by atoms with Crippen LogP contribution in [0.15, 0.2) is 0 Å². The predicted molar refractivity (Wildman–Crippen MR) is 53.5 cm³/mol. The van der Waals surface area contributed by atoms with Crippen LogP contribution in [0.2, 0.25) is 0 Å². The molecule has 0 spiro atoms. The van der Waals surface area contributed by atoms with Gasteiger partial charge in [0.2, 0.25) is 5.91 Å². The molecule has 4 heteroatoms. The van der Waals surface area contributed by atoms with E-state index in [0.717, 1.165) is 19.5 Å². The zero-order valence-electron chi connectivity index (χ0n) is 8.79. The van der Waals surface area contributed by atoms with E-state index in [0.29, 0.717) is 0 Å². The van der Waals surface area contributed by atoms with Crippen LogP contribution in [0.1, 0.15) is 26.7 Å². The van der Waals surface area contributed by atoms with Crippen molar-refractivity contribution < 1.29 is 4.79 Å². The Morgan fingerprint density at radius 1 is 1.71 bits per heavy atom. The molecule has 1 fully saturated rings. The van der Waals surface area contributed by atoms with Gasteiger partial charge in [-0.2, -0.15) is 5.26 Å². The SMILES string of the molecule is CC(C)N1CCCNC(CC#N)C1=O. The standard InChI is InChI=1S/C10H17N3O/c1-8(2)13-7-3-6-12-9(4-5-11)10(13)14/h8-9,12H,3-4,6-7H2,1-2H3. The second-order valence-electron chi connectivity index (χ2n) is 3.85. The van der Waals surface area contributed by atoms with Gasteiger partial charge in [-0.05, 0) is 26.8 Å². The van der Waals surface area contributed by atoms with Crippen LogP contribution in [0.3, 0.4) is 0 Å². The molecular weight excluding hydrogens is 178 g/mol. The van der Waals surface area contributed by atoms with Crippen LogP contribution < -0.4 is 5.32 Å². The van der Waals surface area contributed by atoms with Crippen LogP contribution in [0.25, 0.3) is 0 Å². The Bertz CT molecular complexity index is 244. The Balaban J connectivity index is 2.70. The van der Waals surface area contributed by atoms with Gasteiger partial charge in [-0.25, -0.2) is 0 Å². The molecule has 0 saturated carbocycles. The molecule has 4 nitrogen and oxygen atoms in total. The first-order chi connectivity index (χ1) is 6.66. The van der Waals surface area contributed by atoms with Crippen molar-refractivity contribution in [2.75, 3.05) is 13.1 Å². The summed E-state index contributed by atoms with van der Waals surface area (Å²) >= 11 is 0. The van der Waals surface area contributed by atoms with Gasteiger partial charge in [0.25, 0.3) is 0 Å². The Morgan fingerprint density at radius 3 is 3.00 bits per heavy atom. The first kappa shape index (κ1) is 11.0. The van der Waals surface area contributed by atoms with Gasteiger partial charge in [0.05, 0.1) is 18.5 Å². The van der Waals surface area contributed by atoms with Gasteiger partial charge >= 0.3 is 0 Å². The third-order valence-corrected chi connectivity index (χ3v) is 2.47. The number of rotatable bonds is 2. The van der Waals surface area contributed by atoms with Gasteiger partial charge in [0.15, 0.2) is 0 Å². The zero-order chi connectivity index (χ0) is 10.6. The highest BCUT2D eigenvalue weighted by molar-refractivity contribution is 5.82. The Labute approximate surface area is 84.9 Å². The Morgan fingerprint density at radius 2 is 2.43 bits per heavy atom. The number of carbonyl (C=O) groups excluding carboxylic acids is 1. The summed E-state index contributed by atoms with van der Waals surface area (Å²) in [6.45, 7) is 5.63. The third kappa shape index (κ3) is 2.46. The molecule has 1 rings (SSSR count). The largest absolute Gasteiger partial charge is 0.339 e. The molecule has 1 atom stereocenters. The van der Waals surface area contributed by atoms with E-state index in [2.05, 4.69) is 5.32 Å². The molecule has 78 valence electrons. The average molecular weight is 195 g/mol. The van der Waals surface area contributed by atoms with Gasteiger partial charge in [-0.3, -0.25) is 4.79 Å². The summed E-state index contributed by atoms with van der Waals surface area (Å²) in [6, 6.07) is 1.97. The second-order valence-corrected chi connectivity index (χ2v) is 3.85. The summed E-state index contributed by atoms with van der Waals surface area (Å²) in [5.41, 5.74) is 0. The van der Waals surface area contributed by atoms with Crippen LogP contribution in [-0.4, -0.2) is 36.0 Å². The van der Waals surface area contributed by atoms with Gasteiger partial charge in [-0.1, -0.05) is 0 Å². The monoisotopic (exact) mass is 195 g/mol. The van der Waals surface area contributed by atoms with Crippen LogP contribution in [-0.2, 0) is 4.79 Å². The lowest BCUT2D eigenvalue weighted by Crippen LogP contribution is -2.46. The highest BCUT2D eigenvalue weighted by Gasteiger charge is 2.27. The molecule has 1 amide bonds. The molecule has 1 unspecified atom stereocenters. The molecule has 0 aromatic rings. The highest BCUT2D eigenvalue weighted by atomic mass is 16.2. The Hall–Kier alpha value is -1.08. The third-order valence-electron chi connectivity index (χ3n) is 2.47. The van der Waals surface area contributed by atoms with Crippen molar-refractivity contribution in [2.45, 2.75) is 38.8 Å². The van der Waals surface area contributed by atoms with Crippen molar-refractivity contribution in [1.82, 2.24) is 10.2 Å². The minimum Gasteiger partial charge on any atom is -0.339 e. The van der Waals surface area contributed by atoms with Gasteiger partial charge in [0.1, 0.15) is 0 Å². The molecular formula is C10H17N3O. The molecule has 0 bridgehead atoms. The van der Waals surface area contributed by atoms with Crippen molar-refractivity contribution in [3.05, 3.63) is 0 Å². The van der Waals surface area contributed by atoms with Crippen molar-refractivity contribution in [3.8, 4) is 6.07 Å². The number of hydrogen-bond donors (Lipinski definition) is 1. The minimum atomic E-state index is -0.301. The lowest BCUT2D eigenvalue weighted by Gasteiger charge is -2.27. The maximum atomic E-state index is 11.9. The summed E-state index contributed by atoms with van der Waals surface area (Å²) in [5.74, 6) is 0.0686. The summed E-state index contributed by atoms with van der Waals surface area (Å²) in [4.78, 5) is 13.7. The predicted octanol–water partition coefficient (Wildman–Crippen LogP) is 0.499. The van der Waals surface area contributed by atoms with Crippen LogP contribution >= 0.6 is 0 Å². The number of carbonyl (C=O) groups is 1.